The summed E-state index contributed by atoms with van der Waals surface area (Å²) in [5.41, 5.74) is -0.449. The Morgan fingerprint density at radius 3 is 2.72 bits per heavy atom. The topological polar surface area (TPSA) is 114 Å². The molecular formula is C21H24N4O4. The van der Waals surface area contributed by atoms with Crippen LogP contribution in [0.1, 0.15) is 44.3 Å². The zero-order chi connectivity index (χ0) is 20.9. The third kappa shape index (κ3) is 4.80. The highest BCUT2D eigenvalue weighted by Crippen LogP contribution is 2.27. The van der Waals surface area contributed by atoms with Gasteiger partial charge in [-0.2, -0.15) is 5.26 Å². The van der Waals surface area contributed by atoms with Gasteiger partial charge in [-0.3, -0.25) is 19.0 Å². The van der Waals surface area contributed by atoms with Crippen LogP contribution in [0.25, 0.3) is 10.9 Å². The van der Waals surface area contributed by atoms with Gasteiger partial charge in [0.25, 0.3) is 11.5 Å². The quantitative estimate of drug-likeness (QED) is 0.744. The summed E-state index contributed by atoms with van der Waals surface area (Å²) in [4.78, 5) is 41.0. The number of fused-ring (bicyclic) bond motifs is 1. The predicted octanol–water partition coefficient (Wildman–Crippen LogP) is 1.75. The minimum Gasteiger partial charge on any atom is -0.456 e. The molecule has 8 heteroatoms. The van der Waals surface area contributed by atoms with Crippen LogP contribution in [0.2, 0.25) is 0 Å². The maximum Gasteiger partial charge on any atom is 0.306 e. The number of nitrogens with zero attached hydrogens (tertiary/aromatic N) is 3. The average Bonchev–Trinajstić information content (AvgIpc) is 2.74. The number of aromatic nitrogens is 2. The number of amides is 1. The first-order valence-corrected chi connectivity index (χ1v) is 9.77. The zero-order valence-corrected chi connectivity index (χ0v) is 16.4. The summed E-state index contributed by atoms with van der Waals surface area (Å²) in [6.07, 6.45) is 4.29. The summed E-state index contributed by atoms with van der Waals surface area (Å²) < 4.78 is 6.46. The standard InChI is InChI=1S/C21H24N4O4/c1-25-17(23-16-8-4-3-7-15(16)20(25)28)9-10-19(27)29-13-18(26)24-21(14-22)11-5-2-6-12-21/h3-4,7-8H,2,5-6,9-13H2,1H3,(H,24,26). The molecule has 0 bridgehead atoms. The van der Waals surface area contributed by atoms with E-state index in [2.05, 4.69) is 16.4 Å². The van der Waals surface area contributed by atoms with Gasteiger partial charge in [0.1, 0.15) is 11.4 Å². The molecule has 0 spiro atoms. The molecule has 0 atom stereocenters. The Morgan fingerprint density at radius 1 is 1.28 bits per heavy atom. The zero-order valence-electron chi connectivity index (χ0n) is 16.4. The molecule has 2 aromatic rings. The van der Waals surface area contributed by atoms with Crippen molar-refractivity contribution < 1.29 is 14.3 Å². The minimum absolute atomic E-state index is 0.00467. The summed E-state index contributed by atoms with van der Waals surface area (Å²) in [7, 11) is 1.61. The normalized spacial score (nSPS) is 15.4. The van der Waals surface area contributed by atoms with Crippen molar-refractivity contribution >= 4 is 22.8 Å². The van der Waals surface area contributed by atoms with Gasteiger partial charge in [-0.1, -0.05) is 31.4 Å². The Labute approximate surface area is 168 Å². The lowest BCUT2D eigenvalue weighted by Crippen LogP contribution is -2.50. The lowest BCUT2D eigenvalue weighted by atomic mass is 9.83. The number of aryl methyl sites for hydroxylation is 1. The van der Waals surface area contributed by atoms with E-state index in [1.54, 1.807) is 31.3 Å². The molecular weight excluding hydrogens is 372 g/mol. The summed E-state index contributed by atoms with van der Waals surface area (Å²) in [5.74, 6) is -0.559. The Bertz CT molecular complexity index is 1020. The Morgan fingerprint density at radius 2 is 2.00 bits per heavy atom. The third-order valence-electron chi connectivity index (χ3n) is 5.29. The van der Waals surface area contributed by atoms with Crippen LogP contribution >= 0.6 is 0 Å². The molecule has 1 amide bonds. The predicted molar refractivity (Wildman–Crippen MR) is 106 cm³/mol. The van der Waals surface area contributed by atoms with Crippen molar-refractivity contribution in [3.8, 4) is 6.07 Å². The second-order valence-electron chi connectivity index (χ2n) is 7.37. The molecule has 1 heterocycles. The van der Waals surface area contributed by atoms with Gasteiger partial charge in [0.05, 0.1) is 23.4 Å². The number of hydrogen-bond acceptors (Lipinski definition) is 6. The number of benzene rings is 1. The van der Waals surface area contributed by atoms with Crippen molar-refractivity contribution in [2.24, 2.45) is 7.05 Å². The van der Waals surface area contributed by atoms with E-state index >= 15 is 0 Å². The lowest BCUT2D eigenvalue weighted by Gasteiger charge is -2.31. The number of esters is 1. The molecule has 0 unspecified atom stereocenters. The molecule has 1 aromatic carbocycles. The van der Waals surface area contributed by atoms with Crippen LogP contribution in [0.4, 0.5) is 0 Å². The van der Waals surface area contributed by atoms with Gasteiger partial charge in [-0.05, 0) is 25.0 Å². The van der Waals surface area contributed by atoms with E-state index in [4.69, 9.17) is 4.74 Å². The summed E-state index contributed by atoms with van der Waals surface area (Å²) in [6, 6.07) is 9.23. The van der Waals surface area contributed by atoms with Crippen LogP contribution in [-0.4, -0.2) is 33.6 Å². The van der Waals surface area contributed by atoms with E-state index in [-0.39, 0.29) is 18.4 Å². The fourth-order valence-corrected chi connectivity index (χ4v) is 3.64. The Kier molecular flexibility index (Phi) is 6.27. The van der Waals surface area contributed by atoms with Crippen molar-refractivity contribution in [2.75, 3.05) is 6.61 Å². The summed E-state index contributed by atoms with van der Waals surface area (Å²) >= 11 is 0. The number of para-hydroxylation sites is 1. The van der Waals surface area contributed by atoms with Crippen molar-refractivity contribution in [3.63, 3.8) is 0 Å². The highest BCUT2D eigenvalue weighted by Gasteiger charge is 2.33. The van der Waals surface area contributed by atoms with Crippen molar-refractivity contribution in [3.05, 3.63) is 40.4 Å². The second-order valence-corrected chi connectivity index (χ2v) is 7.37. The maximum atomic E-state index is 12.4. The molecule has 1 N–H and O–H groups in total. The van der Waals surface area contributed by atoms with Gasteiger partial charge in [0.15, 0.2) is 6.61 Å². The molecule has 0 radical (unpaired) electrons. The number of ether oxygens (including phenoxy) is 1. The van der Waals surface area contributed by atoms with E-state index in [0.29, 0.717) is 29.6 Å². The molecule has 1 aliphatic rings. The van der Waals surface area contributed by atoms with Gasteiger partial charge in [-0.25, -0.2) is 4.98 Å². The number of rotatable bonds is 6. The molecule has 3 rings (SSSR count). The van der Waals surface area contributed by atoms with Gasteiger partial charge in [0.2, 0.25) is 0 Å². The summed E-state index contributed by atoms with van der Waals surface area (Å²) in [6.45, 7) is -0.424. The number of carbonyl (C=O) groups excluding carboxylic acids is 2. The molecule has 1 aliphatic carbocycles. The highest BCUT2D eigenvalue weighted by atomic mass is 16.5. The van der Waals surface area contributed by atoms with Crippen LogP contribution in [0.5, 0.6) is 0 Å². The molecule has 1 fully saturated rings. The van der Waals surface area contributed by atoms with Crippen molar-refractivity contribution in [1.29, 1.82) is 5.26 Å². The number of carbonyl (C=O) groups is 2. The fraction of sp³-hybridized carbons (Fsp3) is 0.476. The highest BCUT2D eigenvalue weighted by molar-refractivity contribution is 5.81. The Balaban J connectivity index is 1.53. The average molecular weight is 396 g/mol. The molecule has 0 saturated heterocycles. The SMILES string of the molecule is Cn1c(CCC(=O)OCC(=O)NC2(C#N)CCCCC2)nc2ccccc2c1=O. The van der Waals surface area contributed by atoms with Crippen molar-refractivity contribution in [2.45, 2.75) is 50.5 Å². The maximum absolute atomic E-state index is 12.4. The van der Waals surface area contributed by atoms with Gasteiger partial charge >= 0.3 is 5.97 Å². The van der Waals surface area contributed by atoms with Crippen LogP contribution in [0.3, 0.4) is 0 Å². The number of nitriles is 1. The molecule has 8 nitrogen and oxygen atoms in total. The van der Waals surface area contributed by atoms with E-state index in [0.717, 1.165) is 19.3 Å². The van der Waals surface area contributed by atoms with Gasteiger partial charge in [-0.15, -0.1) is 0 Å². The molecule has 152 valence electrons. The first-order chi connectivity index (χ1) is 13.9. The van der Waals surface area contributed by atoms with Crippen LogP contribution in [-0.2, 0) is 27.8 Å². The van der Waals surface area contributed by atoms with Crippen LogP contribution < -0.4 is 10.9 Å². The van der Waals surface area contributed by atoms with Gasteiger partial charge < -0.3 is 10.1 Å². The second kappa shape index (κ2) is 8.86. The van der Waals surface area contributed by atoms with Crippen LogP contribution in [0, 0.1) is 11.3 Å². The van der Waals surface area contributed by atoms with E-state index in [1.807, 2.05) is 0 Å². The monoisotopic (exact) mass is 396 g/mol. The summed E-state index contributed by atoms with van der Waals surface area (Å²) in [5, 5.41) is 12.6. The fourth-order valence-electron chi connectivity index (χ4n) is 3.64. The number of hydrogen-bond donors (Lipinski definition) is 1. The van der Waals surface area contributed by atoms with E-state index in [9.17, 15) is 19.6 Å². The number of nitrogens with one attached hydrogen (secondary N) is 1. The van der Waals surface area contributed by atoms with E-state index < -0.39 is 24.0 Å². The first-order valence-electron chi connectivity index (χ1n) is 9.77. The molecule has 1 saturated carbocycles. The minimum atomic E-state index is -0.852. The third-order valence-corrected chi connectivity index (χ3v) is 5.29. The van der Waals surface area contributed by atoms with Crippen LogP contribution in [0.15, 0.2) is 29.1 Å². The first kappa shape index (κ1) is 20.5. The molecule has 1 aromatic heterocycles. The lowest BCUT2D eigenvalue weighted by molar-refractivity contribution is -0.149. The van der Waals surface area contributed by atoms with E-state index in [1.165, 1.54) is 4.57 Å². The van der Waals surface area contributed by atoms with Gasteiger partial charge in [0, 0.05) is 13.5 Å². The largest absolute Gasteiger partial charge is 0.456 e. The smallest absolute Gasteiger partial charge is 0.306 e. The molecule has 0 aliphatic heterocycles. The Hall–Kier alpha value is -3.21. The van der Waals surface area contributed by atoms with Crippen molar-refractivity contribution in [1.82, 2.24) is 14.9 Å². The molecule has 29 heavy (non-hydrogen) atoms.